The third kappa shape index (κ3) is 0.812. The number of hydrogen-bond acceptors (Lipinski definition) is 2. The fraction of sp³-hybridized carbons (Fsp3) is 0. The third-order valence-electron chi connectivity index (χ3n) is 1.69. The van der Waals surface area contributed by atoms with E-state index in [4.69, 9.17) is 0 Å². The zero-order valence-corrected chi connectivity index (χ0v) is 6.04. The van der Waals surface area contributed by atoms with Crippen molar-refractivity contribution >= 4 is 17.2 Å². The molecule has 0 radical (unpaired) electrons. The quantitative estimate of drug-likeness (QED) is 0.649. The normalized spacial score (nSPS) is 10.4. The van der Waals surface area contributed by atoms with Gasteiger partial charge in [0.1, 0.15) is 17.0 Å². The molecule has 0 saturated carbocycles. The first-order valence-corrected chi connectivity index (χ1v) is 3.40. The number of carbonyl (C=O) groups is 1. The first-order valence-electron chi connectivity index (χ1n) is 3.40. The van der Waals surface area contributed by atoms with Crippen molar-refractivity contribution in [3.63, 3.8) is 0 Å². The molecule has 0 aliphatic heterocycles. The maximum atomic E-state index is 12.9. The number of carbonyl (C=O) groups excluding carboxylic acids is 1. The molecule has 0 saturated heterocycles. The van der Waals surface area contributed by atoms with Crippen LogP contribution in [0.5, 0.6) is 0 Å². The maximum absolute atomic E-state index is 12.9. The van der Waals surface area contributed by atoms with Crippen molar-refractivity contribution < 1.29 is 9.18 Å². The van der Waals surface area contributed by atoms with Crippen LogP contribution in [0.3, 0.4) is 0 Å². The van der Waals surface area contributed by atoms with Gasteiger partial charge in [-0.3, -0.25) is 9.89 Å². The highest BCUT2D eigenvalue weighted by atomic mass is 19.1. The number of aromatic amines is 1. The second-order valence-corrected chi connectivity index (χ2v) is 2.39. The van der Waals surface area contributed by atoms with Crippen molar-refractivity contribution in [2.24, 2.45) is 0 Å². The van der Waals surface area contributed by atoms with E-state index >= 15 is 0 Å². The van der Waals surface area contributed by atoms with Crippen molar-refractivity contribution in [2.75, 3.05) is 0 Å². The van der Waals surface area contributed by atoms with Gasteiger partial charge < -0.3 is 0 Å². The number of nitrogens with one attached hydrogen (secondary N) is 1. The molecule has 1 N–H and O–H groups in total. The summed E-state index contributed by atoms with van der Waals surface area (Å²) in [5.74, 6) is -0.395. The molecule has 3 nitrogen and oxygen atoms in total. The lowest BCUT2D eigenvalue weighted by Gasteiger charge is -1.88. The van der Waals surface area contributed by atoms with Crippen LogP contribution in [0.1, 0.15) is 10.5 Å². The van der Waals surface area contributed by atoms with Gasteiger partial charge in [-0.05, 0) is 6.07 Å². The number of halogens is 1. The van der Waals surface area contributed by atoms with Gasteiger partial charge in [-0.15, -0.1) is 0 Å². The lowest BCUT2D eigenvalue weighted by atomic mass is 10.2. The van der Waals surface area contributed by atoms with Crippen LogP contribution in [0.4, 0.5) is 4.39 Å². The summed E-state index contributed by atoms with van der Waals surface area (Å²) < 4.78 is 12.9. The van der Waals surface area contributed by atoms with Crippen LogP contribution in [0.2, 0.25) is 0 Å². The van der Waals surface area contributed by atoms with Crippen LogP contribution >= 0.6 is 0 Å². The minimum absolute atomic E-state index is 0.240. The number of rotatable bonds is 1. The Balaban J connectivity index is 2.88. The molecular weight excluding hydrogens is 159 g/mol. The molecule has 0 fully saturated rings. The number of hydrogen-bond donors (Lipinski definition) is 1. The molecule has 60 valence electrons. The number of aldehydes is 1. The number of nitrogens with zero attached hydrogens (tertiary/aromatic N) is 1. The standard InChI is InChI=1S/C8H5FN2O/c9-6-3-1-2-5-7(4-12)10-11-8(5)6/h1-4H,(H,10,11). The van der Waals surface area contributed by atoms with Crippen molar-refractivity contribution in [3.8, 4) is 0 Å². The Morgan fingerprint density at radius 1 is 1.50 bits per heavy atom. The van der Waals surface area contributed by atoms with Gasteiger partial charge in [-0.1, -0.05) is 12.1 Å². The van der Waals surface area contributed by atoms with E-state index in [-0.39, 0.29) is 11.2 Å². The monoisotopic (exact) mass is 164 g/mol. The van der Waals surface area contributed by atoms with Crippen LogP contribution in [0.15, 0.2) is 18.2 Å². The first kappa shape index (κ1) is 6.97. The number of aromatic nitrogens is 2. The fourth-order valence-electron chi connectivity index (χ4n) is 1.12. The summed E-state index contributed by atoms with van der Waals surface area (Å²) in [4.78, 5) is 10.4. The van der Waals surface area contributed by atoms with Crippen molar-refractivity contribution in [1.29, 1.82) is 0 Å². The van der Waals surface area contributed by atoms with Crippen molar-refractivity contribution in [2.45, 2.75) is 0 Å². The second kappa shape index (κ2) is 2.41. The number of H-pyrrole nitrogens is 1. The highest BCUT2D eigenvalue weighted by Crippen LogP contribution is 2.16. The summed E-state index contributed by atoms with van der Waals surface area (Å²) >= 11 is 0. The number of para-hydroxylation sites is 1. The predicted molar refractivity (Wildman–Crippen MR) is 41.4 cm³/mol. The molecule has 2 rings (SSSR count). The van der Waals surface area contributed by atoms with Crippen LogP contribution in [0.25, 0.3) is 10.9 Å². The van der Waals surface area contributed by atoms with E-state index in [0.29, 0.717) is 11.7 Å². The first-order chi connectivity index (χ1) is 5.83. The smallest absolute Gasteiger partial charge is 0.170 e. The molecule has 1 aromatic heterocycles. The Morgan fingerprint density at radius 3 is 3.08 bits per heavy atom. The Bertz CT molecular complexity index is 436. The third-order valence-corrected chi connectivity index (χ3v) is 1.69. The number of fused-ring (bicyclic) bond motifs is 1. The summed E-state index contributed by atoms with van der Waals surface area (Å²) in [6.45, 7) is 0. The van der Waals surface area contributed by atoms with E-state index in [0.717, 1.165) is 0 Å². The highest BCUT2D eigenvalue weighted by molar-refractivity contribution is 5.94. The van der Waals surface area contributed by atoms with Gasteiger partial charge in [-0.25, -0.2) is 4.39 Å². The largest absolute Gasteiger partial charge is 0.296 e. The molecule has 0 atom stereocenters. The summed E-state index contributed by atoms with van der Waals surface area (Å²) in [6.07, 6.45) is 0.596. The predicted octanol–water partition coefficient (Wildman–Crippen LogP) is 1.51. The molecule has 0 bridgehead atoms. The Hall–Kier alpha value is -1.71. The minimum Gasteiger partial charge on any atom is -0.296 e. The summed E-state index contributed by atoms with van der Waals surface area (Å²) in [6, 6.07) is 4.50. The fourth-order valence-corrected chi connectivity index (χ4v) is 1.12. The molecule has 12 heavy (non-hydrogen) atoms. The highest BCUT2D eigenvalue weighted by Gasteiger charge is 2.06. The summed E-state index contributed by atoms with van der Waals surface area (Å²) in [5, 5.41) is 6.61. The Labute approximate surface area is 67.2 Å². The zero-order chi connectivity index (χ0) is 8.55. The topological polar surface area (TPSA) is 45.8 Å². The van der Waals surface area contributed by atoms with E-state index in [1.165, 1.54) is 6.07 Å². The van der Waals surface area contributed by atoms with Gasteiger partial charge in [0.2, 0.25) is 0 Å². The lowest BCUT2D eigenvalue weighted by molar-refractivity contribution is 0.112. The van der Waals surface area contributed by atoms with Gasteiger partial charge in [0.25, 0.3) is 0 Å². The van der Waals surface area contributed by atoms with Gasteiger partial charge >= 0.3 is 0 Å². The van der Waals surface area contributed by atoms with E-state index in [1.54, 1.807) is 12.1 Å². The van der Waals surface area contributed by atoms with E-state index < -0.39 is 5.82 Å². The molecule has 2 aromatic rings. The summed E-state index contributed by atoms with van der Waals surface area (Å²) in [5.41, 5.74) is 0.518. The van der Waals surface area contributed by atoms with Crippen LogP contribution in [-0.4, -0.2) is 16.5 Å². The molecule has 1 heterocycles. The molecule has 4 heteroatoms. The minimum atomic E-state index is -0.395. The molecule has 1 aromatic carbocycles. The number of benzene rings is 1. The molecule has 0 spiro atoms. The average molecular weight is 164 g/mol. The van der Waals surface area contributed by atoms with E-state index in [2.05, 4.69) is 10.2 Å². The summed E-state index contributed by atoms with van der Waals surface area (Å²) in [7, 11) is 0. The Kier molecular flexibility index (Phi) is 1.40. The van der Waals surface area contributed by atoms with Gasteiger partial charge in [0.05, 0.1) is 0 Å². The van der Waals surface area contributed by atoms with Gasteiger partial charge in [0.15, 0.2) is 6.29 Å². The van der Waals surface area contributed by atoms with Gasteiger partial charge in [0, 0.05) is 5.39 Å². The van der Waals surface area contributed by atoms with E-state index in [1.807, 2.05) is 0 Å². The van der Waals surface area contributed by atoms with Crippen molar-refractivity contribution in [1.82, 2.24) is 10.2 Å². The lowest BCUT2D eigenvalue weighted by Crippen LogP contribution is -1.78. The molecule has 0 unspecified atom stereocenters. The second-order valence-electron chi connectivity index (χ2n) is 2.39. The van der Waals surface area contributed by atoms with Crippen LogP contribution < -0.4 is 0 Å². The van der Waals surface area contributed by atoms with Gasteiger partial charge in [-0.2, -0.15) is 5.10 Å². The molecular formula is C8H5FN2O. The zero-order valence-electron chi connectivity index (χ0n) is 6.04. The molecule has 0 amide bonds. The van der Waals surface area contributed by atoms with Crippen LogP contribution in [-0.2, 0) is 0 Å². The molecule has 0 aliphatic rings. The van der Waals surface area contributed by atoms with Crippen LogP contribution in [0, 0.1) is 5.82 Å². The maximum Gasteiger partial charge on any atom is 0.170 e. The SMILES string of the molecule is O=Cc1n[nH]c2c(F)cccc12. The Morgan fingerprint density at radius 2 is 2.33 bits per heavy atom. The van der Waals surface area contributed by atoms with Crippen molar-refractivity contribution in [3.05, 3.63) is 29.7 Å². The van der Waals surface area contributed by atoms with E-state index in [9.17, 15) is 9.18 Å². The average Bonchev–Trinajstić information content (AvgIpc) is 2.49. The molecule has 0 aliphatic carbocycles.